The first kappa shape index (κ1) is 19.1. The Morgan fingerprint density at radius 2 is 1.76 bits per heavy atom. The Kier molecular flexibility index (Phi) is 4.81. The highest BCUT2D eigenvalue weighted by Gasteiger charge is 2.30. The largest absolute Gasteiger partial charge is 0.416 e. The second-order valence-electron chi connectivity index (χ2n) is 6.97. The molecule has 1 amide bonds. The van der Waals surface area contributed by atoms with Crippen molar-refractivity contribution in [3.63, 3.8) is 0 Å². The van der Waals surface area contributed by atoms with Crippen molar-refractivity contribution in [3.05, 3.63) is 48.4 Å². The molecule has 2 N–H and O–H groups in total. The molecule has 1 saturated heterocycles. The van der Waals surface area contributed by atoms with Crippen molar-refractivity contribution < 1.29 is 18.0 Å². The third-order valence-electron chi connectivity index (χ3n) is 5.12. The van der Waals surface area contributed by atoms with E-state index in [1.165, 1.54) is 24.5 Å². The fourth-order valence-corrected chi connectivity index (χ4v) is 3.43. The fraction of sp³-hybridized carbons (Fsp3) is 0.300. The number of hydrogen-bond acceptors (Lipinski definition) is 5. The molecule has 1 aliphatic rings. The molecule has 0 unspecified atom stereocenters. The molecule has 0 saturated carbocycles. The van der Waals surface area contributed by atoms with Crippen molar-refractivity contribution in [2.75, 3.05) is 11.9 Å². The van der Waals surface area contributed by atoms with Gasteiger partial charge in [0.15, 0.2) is 5.82 Å². The first-order valence-electron chi connectivity index (χ1n) is 9.16. The number of anilines is 1. The van der Waals surface area contributed by atoms with Crippen molar-refractivity contribution in [1.82, 2.24) is 20.3 Å². The summed E-state index contributed by atoms with van der Waals surface area (Å²) in [6, 6.07) is 4.76. The van der Waals surface area contributed by atoms with E-state index in [9.17, 15) is 18.0 Å². The van der Waals surface area contributed by atoms with E-state index in [1.807, 2.05) is 6.92 Å². The summed E-state index contributed by atoms with van der Waals surface area (Å²) in [7, 11) is 0. The van der Waals surface area contributed by atoms with Gasteiger partial charge in [-0.3, -0.25) is 9.78 Å². The van der Waals surface area contributed by atoms with Gasteiger partial charge in [-0.05, 0) is 24.1 Å². The highest BCUT2D eigenvalue weighted by molar-refractivity contribution is 5.96. The van der Waals surface area contributed by atoms with Crippen LogP contribution in [0.15, 0.2) is 42.9 Å². The summed E-state index contributed by atoms with van der Waals surface area (Å²) in [5.74, 6) is 0.243. The minimum absolute atomic E-state index is 0.0227. The monoisotopic (exact) mass is 401 g/mol. The average molecular weight is 401 g/mol. The van der Waals surface area contributed by atoms with Gasteiger partial charge in [-0.2, -0.15) is 13.2 Å². The summed E-state index contributed by atoms with van der Waals surface area (Å²) in [6.07, 6.45) is 0.973. The average Bonchev–Trinajstić information content (AvgIpc) is 2.71. The van der Waals surface area contributed by atoms with E-state index >= 15 is 0 Å². The van der Waals surface area contributed by atoms with Gasteiger partial charge in [0, 0.05) is 36.7 Å². The van der Waals surface area contributed by atoms with Gasteiger partial charge in [0.1, 0.15) is 11.0 Å². The highest BCUT2D eigenvalue weighted by Crippen LogP contribution is 2.33. The Bertz CT molecular complexity index is 1050. The number of nitrogens with one attached hydrogen (secondary N) is 2. The number of amides is 1. The van der Waals surface area contributed by atoms with Crippen molar-refractivity contribution in [3.8, 4) is 11.1 Å². The van der Waals surface area contributed by atoms with Crippen molar-refractivity contribution in [2.45, 2.75) is 25.6 Å². The lowest BCUT2D eigenvalue weighted by atomic mass is 9.94. The lowest BCUT2D eigenvalue weighted by Gasteiger charge is -2.29. The van der Waals surface area contributed by atoms with Gasteiger partial charge in [0.2, 0.25) is 5.91 Å². The number of nitrogens with zero attached hydrogens (tertiary/aromatic N) is 3. The number of piperidine rings is 1. The second kappa shape index (κ2) is 7.31. The maximum Gasteiger partial charge on any atom is 0.416 e. The maximum atomic E-state index is 12.8. The quantitative estimate of drug-likeness (QED) is 0.700. The molecule has 6 nitrogen and oxygen atoms in total. The molecule has 3 aromatic rings. The van der Waals surface area contributed by atoms with E-state index in [0.717, 1.165) is 18.6 Å². The lowest BCUT2D eigenvalue weighted by molar-refractivity contribution is -0.137. The number of carbonyl (C=O) groups is 1. The standard InChI is InChI=1S/C20H18F3N5O/c1-11-15(6-7-26-19(11)29)28-18-17-16(24-8-9-25-17)14(10-27-18)12-2-4-13(5-3-12)20(21,22)23/h2-5,8-11,15H,6-7H2,1H3,(H,26,29)(H,27,28)/t11-,15-/m1/s1. The van der Waals surface area contributed by atoms with Crippen LogP contribution in [-0.2, 0) is 11.0 Å². The molecule has 0 bridgehead atoms. The third-order valence-corrected chi connectivity index (χ3v) is 5.12. The van der Waals surface area contributed by atoms with E-state index in [2.05, 4.69) is 25.6 Å². The van der Waals surface area contributed by atoms with Crippen LogP contribution in [0.5, 0.6) is 0 Å². The van der Waals surface area contributed by atoms with Crippen LogP contribution >= 0.6 is 0 Å². The molecule has 1 aromatic carbocycles. The number of halogens is 3. The van der Waals surface area contributed by atoms with E-state index in [-0.39, 0.29) is 17.9 Å². The Morgan fingerprint density at radius 1 is 1.07 bits per heavy atom. The van der Waals surface area contributed by atoms with E-state index in [1.54, 1.807) is 6.20 Å². The van der Waals surface area contributed by atoms with E-state index in [0.29, 0.717) is 34.5 Å². The van der Waals surface area contributed by atoms with Gasteiger partial charge < -0.3 is 10.6 Å². The molecule has 1 aliphatic heterocycles. The van der Waals surface area contributed by atoms with Gasteiger partial charge >= 0.3 is 6.18 Å². The molecule has 0 spiro atoms. The van der Waals surface area contributed by atoms with Crippen molar-refractivity contribution >= 4 is 22.8 Å². The number of rotatable bonds is 3. The fourth-order valence-electron chi connectivity index (χ4n) is 3.43. The van der Waals surface area contributed by atoms with Crippen LogP contribution in [0.3, 0.4) is 0 Å². The Balaban J connectivity index is 1.71. The summed E-state index contributed by atoms with van der Waals surface area (Å²) in [5, 5.41) is 6.11. The number of carbonyl (C=O) groups excluding carboxylic acids is 1. The Morgan fingerprint density at radius 3 is 2.45 bits per heavy atom. The topological polar surface area (TPSA) is 79.8 Å². The molecule has 29 heavy (non-hydrogen) atoms. The number of alkyl halides is 3. The molecule has 150 valence electrons. The van der Waals surface area contributed by atoms with Crippen LogP contribution in [0.1, 0.15) is 18.9 Å². The zero-order valence-electron chi connectivity index (χ0n) is 15.5. The van der Waals surface area contributed by atoms with Crippen LogP contribution in [0, 0.1) is 5.92 Å². The SMILES string of the molecule is C[C@H]1C(=O)NCC[C@H]1Nc1ncc(-c2ccc(C(F)(F)F)cc2)c2nccnc12. The molecule has 4 rings (SSSR count). The third kappa shape index (κ3) is 3.72. The van der Waals surface area contributed by atoms with Crippen molar-refractivity contribution in [1.29, 1.82) is 0 Å². The van der Waals surface area contributed by atoms with Crippen molar-refractivity contribution in [2.24, 2.45) is 5.92 Å². The zero-order valence-corrected chi connectivity index (χ0v) is 15.5. The van der Waals surface area contributed by atoms with Gasteiger partial charge in [-0.25, -0.2) is 9.97 Å². The first-order chi connectivity index (χ1) is 13.8. The van der Waals surface area contributed by atoms with E-state index < -0.39 is 11.7 Å². The molecule has 2 atom stereocenters. The number of aromatic nitrogens is 3. The minimum atomic E-state index is -4.39. The van der Waals surface area contributed by atoms with Gasteiger partial charge in [0.05, 0.1) is 11.5 Å². The smallest absolute Gasteiger partial charge is 0.365 e. The number of pyridine rings is 1. The molecule has 9 heteroatoms. The van der Waals surface area contributed by atoms with Crippen LogP contribution in [0.4, 0.5) is 19.0 Å². The normalized spacial score (nSPS) is 19.8. The Hall–Kier alpha value is -3.23. The molecule has 1 fully saturated rings. The summed E-state index contributed by atoms with van der Waals surface area (Å²) < 4.78 is 38.5. The Labute approximate surface area is 164 Å². The molecule has 0 radical (unpaired) electrons. The van der Waals surface area contributed by atoms with Crippen LogP contribution in [0.2, 0.25) is 0 Å². The van der Waals surface area contributed by atoms with Gasteiger partial charge in [-0.15, -0.1) is 0 Å². The number of hydrogen-bond donors (Lipinski definition) is 2. The summed E-state index contributed by atoms with van der Waals surface area (Å²) in [6.45, 7) is 2.42. The number of benzene rings is 1. The molecular formula is C20H18F3N5O. The minimum Gasteiger partial charge on any atom is -0.365 e. The molecule has 2 aromatic heterocycles. The van der Waals surface area contributed by atoms with Gasteiger partial charge in [0.25, 0.3) is 0 Å². The summed E-state index contributed by atoms with van der Waals surface area (Å²) in [5.41, 5.74) is 1.46. The lowest BCUT2D eigenvalue weighted by Crippen LogP contribution is -2.46. The zero-order chi connectivity index (χ0) is 20.6. The van der Waals surface area contributed by atoms with E-state index in [4.69, 9.17) is 0 Å². The summed E-state index contributed by atoms with van der Waals surface area (Å²) >= 11 is 0. The second-order valence-corrected chi connectivity index (χ2v) is 6.97. The number of fused-ring (bicyclic) bond motifs is 1. The molecular weight excluding hydrogens is 383 g/mol. The molecule has 3 heterocycles. The maximum absolute atomic E-state index is 12.8. The van der Waals surface area contributed by atoms with Crippen LogP contribution in [0.25, 0.3) is 22.2 Å². The highest BCUT2D eigenvalue weighted by atomic mass is 19.4. The van der Waals surface area contributed by atoms with Gasteiger partial charge in [-0.1, -0.05) is 19.1 Å². The predicted octanol–water partition coefficient (Wildman–Crippen LogP) is 3.65. The molecule has 0 aliphatic carbocycles. The summed E-state index contributed by atoms with van der Waals surface area (Å²) in [4.78, 5) is 25.1. The van der Waals surface area contributed by atoms with Crippen LogP contribution < -0.4 is 10.6 Å². The predicted molar refractivity (Wildman–Crippen MR) is 102 cm³/mol. The van der Waals surface area contributed by atoms with Crippen LogP contribution in [-0.4, -0.2) is 33.4 Å². The first-order valence-corrected chi connectivity index (χ1v) is 9.16.